The van der Waals surface area contributed by atoms with Gasteiger partial charge in [0.15, 0.2) is 0 Å². The van der Waals surface area contributed by atoms with Crippen LogP contribution in [0.5, 0.6) is 5.75 Å². The molecule has 0 bridgehead atoms. The Kier molecular flexibility index (Phi) is 9.12. The van der Waals surface area contributed by atoms with Gasteiger partial charge in [0.05, 0.1) is 13.2 Å². The summed E-state index contributed by atoms with van der Waals surface area (Å²) >= 11 is 0. The minimum atomic E-state index is -0.328. The summed E-state index contributed by atoms with van der Waals surface area (Å²) in [6.45, 7) is 8.93. The molecule has 2 atom stereocenters. The number of carbonyl (C=O) groups excluding carboxylic acids is 2. The first kappa shape index (κ1) is 22.9. The van der Waals surface area contributed by atoms with Crippen LogP contribution in [0.15, 0.2) is 30.9 Å². The van der Waals surface area contributed by atoms with Crippen LogP contribution in [0.2, 0.25) is 0 Å². The molecule has 0 radical (unpaired) electrons. The molecule has 0 spiro atoms. The molecule has 1 saturated carbocycles. The van der Waals surface area contributed by atoms with E-state index < -0.39 is 0 Å². The fraction of sp³-hybridized carbons (Fsp3) is 0.545. The molecular formula is C22H31FN2O4. The number of benzene rings is 1. The second-order valence-electron chi connectivity index (χ2n) is 7.51. The molecule has 160 valence electrons. The highest BCUT2D eigenvalue weighted by molar-refractivity contribution is 5.87. The van der Waals surface area contributed by atoms with Gasteiger partial charge in [-0.3, -0.25) is 9.59 Å². The predicted octanol–water partition coefficient (Wildman–Crippen LogP) is 2.93. The third kappa shape index (κ3) is 7.49. The van der Waals surface area contributed by atoms with E-state index in [-0.39, 0.29) is 35.5 Å². The van der Waals surface area contributed by atoms with E-state index in [0.29, 0.717) is 38.5 Å². The fourth-order valence-electron chi connectivity index (χ4n) is 3.42. The van der Waals surface area contributed by atoms with Crippen LogP contribution in [0.25, 0.3) is 0 Å². The standard InChI is InChI=1S/C22H31FN2O4/c1-4-21(26)25-18-7-5-16(13-18)22(27)24-9-10-28-11-12-29-20-14-17(23)6-8-19(20)15(2)3/h4,6,8,14-16,18H,1,5,7,9-13H2,2-3H3,(H,24,27)(H,25,26)/t16-,18-/m1/s1. The smallest absolute Gasteiger partial charge is 0.243 e. The molecule has 0 heterocycles. The molecule has 1 aliphatic carbocycles. The van der Waals surface area contributed by atoms with Gasteiger partial charge in [-0.05, 0) is 42.9 Å². The van der Waals surface area contributed by atoms with E-state index in [1.54, 1.807) is 6.07 Å². The Morgan fingerprint density at radius 3 is 2.79 bits per heavy atom. The number of hydrogen-bond donors (Lipinski definition) is 2. The lowest BCUT2D eigenvalue weighted by atomic mass is 10.0. The van der Waals surface area contributed by atoms with Gasteiger partial charge in [-0.25, -0.2) is 4.39 Å². The summed E-state index contributed by atoms with van der Waals surface area (Å²) in [5.41, 5.74) is 0.956. The summed E-state index contributed by atoms with van der Waals surface area (Å²) in [6.07, 6.45) is 3.44. The maximum atomic E-state index is 13.4. The number of rotatable bonds is 11. The fourth-order valence-corrected chi connectivity index (χ4v) is 3.42. The number of hydrogen-bond acceptors (Lipinski definition) is 4. The molecule has 2 amide bonds. The average molecular weight is 406 g/mol. The Balaban J connectivity index is 1.59. The monoisotopic (exact) mass is 406 g/mol. The van der Waals surface area contributed by atoms with Crippen LogP contribution in [-0.4, -0.2) is 44.2 Å². The first-order valence-corrected chi connectivity index (χ1v) is 10.1. The number of amides is 2. The number of carbonyl (C=O) groups is 2. The van der Waals surface area contributed by atoms with Crippen molar-refractivity contribution >= 4 is 11.8 Å². The molecule has 7 heteroatoms. The van der Waals surface area contributed by atoms with Crippen LogP contribution >= 0.6 is 0 Å². The molecular weight excluding hydrogens is 375 g/mol. The molecule has 0 aliphatic heterocycles. The van der Waals surface area contributed by atoms with E-state index in [2.05, 4.69) is 17.2 Å². The lowest BCUT2D eigenvalue weighted by Gasteiger charge is -2.15. The van der Waals surface area contributed by atoms with Crippen molar-refractivity contribution in [2.45, 2.75) is 45.1 Å². The zero-order valence-corrected chi connectivity index (χ0v) is 17.2. The van der Waals surface area contributed by atoms with Gasteiger partial charge >= 0.3 is 0 Å². The first-order valence-electron chi connectivity index (χ1n) is 10.1. The Morgan fingerprint density at radius 2 is 2.07 bits per heavy atom. The summed E-state index contributed by atoms with van der Waals surface area (Å²) in [5, 5.41) is 5.70. The van der Waals surface area contributed by atoms with Gasteiger partial charge in [-0.1, -0.05) is 26.5 Å². The van der Waals surface area contributed by atoms with Crippen molar-refractivity contribution in [3.8, 4) is 5.75 Å². The number of halogens is 1. The van der Waals surface area contributed by atoms with Crippen LogP contribution in [0.4, 0.5) is 4.39 Å². The maximum absolute atomic E-state index is 13.4. The molecule has 2 rings (SSSR count). The zero-order valence-electron chi connectivity index (χ0n) is 17.2. The van der Waals surface area contributed by atoms with E-state index in [0.717, 1.165) is 18.4 Å². The topological polar surface area (TPSA) is 76.7 Å². The minimum Gasteiger partial charge on any atom is -0.491 e. The van der Waals surface area contributed by atoms with Crippen molar-refractivity contribution in [3.05, 3.63) is 42.2 Å². The highest BCUT2D eigenvalue weighted by Gasteiger charge is 2.30. The number of nitrogens with one attached hydrogen (secondary N) is 2. The second kappa shape index (κ2) is 11.6. The Labute approximate surface area is 171 Å². The third-order valence-electron chi connectivity index (χ3n) is 4.96. The summed E-state index contributed by atoms with van der Waals surface area (Å²) in [6, 6.07) is 4.59. The molecule has 1 aliphatic rings. The van der Waals surface area contributed by atoms with Gasteiger partial charge in [0.1, 0.15) is 18.2 Å². The van der Waals surface area contributed by atoms with Gasteiger partial charge in [-0.15, -0.1) is 0 Å². The summed E-state index contributed by atoms with van der Waals surface area (Å²) in [7, 11) is 0. The van der Waals surface area contributed by atoms with Crippen LogP contribution in [-0.2, 0) is 14.3 Å². The Morgan fingerprint density at radius 1 is 1.28 bits per heavy atom. The molecule has 0 saturated heterocycles. The molecule has 29 heavy (non-hydrogen) atoms. The van der Waals surface area contributed by atoms with E-state index in [4.69, 9.17) is 9.47 Å². The van der Waals surface area contributed by atoms with Crippen LogP contribution in [0, 0.1) is 11.7 Å². The van der Waals surface area contributed by atoms with Crippen molar-refractivity contribution in [3.63, 3.8) is 0 Å². The van der Waals surface area contributed by atoms with E-state index in [9.17, 15) is 14.0 Å². The molecule has 1 fully saturated rings. The average Bonchev–Trinajstić information content (AvgIpc) is 3.15. The molecule has 0 unspecified atom stereocenters. The van der Waals surface area contributed by atoms with E-state index >= 15 is 0 Å². The predicted molar refractivity (Wildman–Crippen MR) is 109 cm³/mol. The van der Waals surface area contributed by atoms with Crippen molar-refractivity contribution < 1.29 is 23.5 Å². The lowest BCUT2D eigenvalue weighted by Crippen LogP contribution is -2.35. The van der Waals surface area contributed by atoms with Crippen molar-refractivity contribution in [2.24, 2.45) is 5.92 Å². The summed E-state index contributed by atoms with van der Waals surface area (Å²) < 4.78 is 24.6. The Bertz CT molecular complexity index is 708. The summed E-state index contributed by atoms with van der Waals surface area (Å²) in [5.74, 6) is 0.146. The normalized spacial score (nSPS) is 18.5. The van der Waals surface area contributed by atoms with Gasteiger partial charge in [0.25, 0.3) is 0 Å². The first-order chi connectivity index (χ1) is 13.9. The lowest BCUT2D eigenvalue weighted by molar-refractivity contribution is -0.125. The maximum Gasteiger partial charge on any atom is 0.243 e. The zero-order chi connectivity index (χ0) is 21.2. The molecule has 6 nitrogen and oxygen atoms in total. The van der Waals surface area contributed by atoms with Crippen LogP contribution in [0.1, 0.15) is 44.6 Å². The molecule has 1 aromatic carbocycles. The van der Waals surface area contributed by atoms with E-state index in [1.165, 1.54) is 18.2 Å². The van der Waals surface area contributed by atoms with Crippen LogP contribution < -0.4 is 15.4 Å². The minimum absolute atomic E-state index is 0.0125. The Hall–Kier alpha value is -2.41. The number of ether oxygens (including phenoxy) is 2. The SMILES string of the molecule is C=CC(=O)N[C@@H]1CC[C@@H](C(=O)NCCOCCOc2cc(F)ccc2C(C)C)C1. The summed E-state index contributed by atoms with van der Waals surface area (Å²) in [4.78, 5) is 23.5. The quantitative estimate of drug-likeness (QED) is 0.438. The van der Waals surface area contributed by atoms with Gasteiger partial charge < -0.3 is 20.1 Å². The van der Waals surface area contributed by atoms with Gasteiger partial charge in [0, 0.05) is 24.6 Å². The van der Waals surface area contributed by atoms with Crippen molar-refractivity contribution in [1.82, 2.24) is 10.6 Å². The molecule has 2 N–H and O–H groups in total. The highest BCUT2D eigenvalue weighted by atomic mass is 19.1. The third-order valence-corrected chi connectivity index (χ3v) is 4.96. The van der Waals surface area contributed by atoms with Crippen molar-refractivity contribution in [1.29, 1.82) is 0 Å². The second-order valence-corrected chi connectivity index (χ2v) is 7.51. The van der Waals surface area contributed by atoms with E-state index in [1.807, 2.05) is 13.8 Å². The molecule has 0 aromatic heterocycles. The molecule has 1 aromatic rings. The van der Waals surface area contributed by atoms with Crippen molar-refractivity contribution in [2.75, 3.05) is 26.4 Å². The van der Waals surface area contributed by atoms with Gasteiger partial charge in [0.2, 0.25) is 11.8 Å². The largest absolute Gasteiger partial charge is 0.491 e. The van der Waals surface area contributed by atoms with Crippen LogP contribution in [0.3, 0.4) is 0 Å². The highest BCUT2D eigenvalue weighted by Crippen LogP contribution is 2.27. The van der Waals surface area contributed by atoms with Gasteiger partial charge in [-0.2, -0.15) is 0 Å².